The molecule has 1 N–H and O–H groups in total. The first kappa shape index (κ1) is 12.3. The average Bonchev–Trinajstić information content (AvgIpc) is 2.97. The van der Waals surface area contributed by atoms with Gasteiger partial charge in [0.15, 0.2) is 0 Å². The fourth-order valence-corrected chi connectivity index (χ4v) is 3.41. The minimum Gasteiger partial charge on any atom is -0.480 e. The number of aliphatic carboxylic acids is 1. The lowest BCUT2D eigenvalue weighted by Crippen LogP contribution is -2.38. The van der Waals surface area contributed by atoms with Crippen molar-refractivity contribution >= 4 is 17.3 Å². The van der Waals surface area contributed by atoms with E-state index >= 15 is 0 Å². The highest BCUT2D eigenvalue weighted by molar-refractivity contribution is 7.10. The third-order valence-corrected chi connectivity index (χ3v) is 4.31. The highest BCUT2D eigenvalue weighted by atomic mass is 32.1. The van der Waals surface area contributed by atoms with Crippen molar-refractivity contribution in [1.82, 2.24) is 19.9 Å². The Balaban J connectivity index is 1.87. The first-order valence-corrected chi connectivity index (χ1v) is 6.91. The summed E-state index contributed by atoms with van der Waals surface area (Å²) in [5.41, 5.74) is 1.72. The second-order valence-electron chi connectivity index (χ2n) is 4.64. The van der Waals surface area contributed by atoms with Crippen molar-refractivity contribution < 1.29 is 9.90 Å². The Morgan fingerprint density at radius 1 is 1.63 bits per heavy atom. The van der Waals surface area contributed by atoms with Gasteiger partial charge in [-0.15, -0.1) is 16.4 Å². The molecule has 0 aliphatic carbocycles. The van der Waals surface area contributed by atoms with Crippen molar-refractivity contribution in [1.29, 1.82) is 0 Å². The fourth-order valence-electron chi connectivity index (χ4n) is 2.50. The van der Waals surface area contributed by atoms with Gasteiger partial charge in [-0.3, -0.25) is 14.4 Å². The van der Waals surface area contributed by atoms with Crippen LogP contribution in [0.2, 0.25) is 0 Å². The fraction of sp³-hybridized carbons (Fsp3) is 0.417. The molecule has 1 unspecified atom stereocenters. The number of hydrogen-bond donors (Lipinski definition) is 1. The van der Waals surface area contributed by atoms with E-state index in [0.717, 1.165) is 24.2 Å². The van der Waals surface area contributed by atoms with Gasteiger partial charge in [-0.2, -0.15) is 0 Å². The van der Waals surface area contributed by atoms with Crippen LogP contribution in [0.3, 0.4) is 0 Å². The summed E-state index contributed by atoms with van der Waals surface area (Å²) in [6, 6.07) is 1.35. The number of nitrogens with zero attached hydrogens (tertiary/aromatic N) is 4. The van der Waals surface area contributed by atoms with E-state index in [9.17, 15) is 9.90 Å². The summed E-state index contributed by atoms with van der Waals surface area (Å²) in [7, 11) is 1.80. The van der Waals surface area contributed by atoms with Crippen LogP contribution in [0.15, 0.2) is 17.6 Å². The van der Waals surface area contributed by atoms with Gasteiger partial charge in [0.05, 0.1) is 5.69 Å². The molecule has 0 amide bonds. The van der Waals surface area contributed by atoms with Gasteiger partial charge in [0, 0.05) is 31.2 Å². The summed E-state index contributed by atoms with van der Waals surface area (Å²) in [6.45, 7) is 1.25. The molecule has 0 spiro atoms. The number of hydrogen-bond acceptors (Lipinski definition) is 5. The maximum absolute atomic E-state index is 11.5. The third-order valence-electron chi connectivity index (χ3n) is 3.31. The van der Waals surface area contributed by atoms with Crippen molar-refractivity contribution in [2.45, 2.75) is 19.0 Å². The van der Waals surface area contributed by atoms with Crippen LogP contribution < -0.4 is 0 Å². The average molecular weight is 278 g/mol. The number of rotatable bonds is 3. The quantitative estimate of drug-likeness (QED) is 0.909. The van der Waals surface area contributed by atoms with Crippen LogP contribution in [0, 0.1) is 0 Å². The maximum atomic E-state index is 11.5. The molecule has 3 heterocycles. The minimum atomic E-state index is -0.803. The molecule has 0 saturated heterocycles. The normalized spacial score (nSPS) is 19.3. The summed E-state index contributed by atoms with van der Waals surface area (Å²) in [5, 5.41) is 19.4. The standard InChI is InChI=1S/C12H14N4O2S/c1-15-6-8(13-14-15)7-16-4-2-10-9(3-5-19-10)11(16)12(17)18/h3,5-6,11H,2,4,7H2,1H3,(H,17,18). The van der Waals surface area contributed by atoms with Crippen LogP contribution in [0.1, 0.15) is 22.2 Å². The zero-order valence-corrected chi connectivity index (χ0v) is 11.3. The van der Waals surface area contributed by atoms with Gasteiger partial charge in [0.25, 0.3) is 0 Å². The first-order chi connectivity index (χ1) is 9.15. The van der Waals surface area contributed by atoms with Crippen molar-refractivity contribution in [3.8, 4) is 0 Å². The molecule has 19 heavy (non-hydrogen) atoms. The molecular formula is C12H14N4O2S. The summed E-state index contributed by atoms with van der Waals surface area (Å²) in [4.78, 5) is 14.7. The zero-order chi connectivity index (χ0) is 13.4. The third kappa shape index (κ3) is 2.26. The molecular weight excluding hydrogens is 264 g/mol. The summed E-state index contributed by atoms with van der Waals surface area (Å²) >= 11 is 1.64. The molecule has 0 fully saturated rings. The Labute approximate surface area is 114 Å². The Morgan fingerprint density at radius 2 is 2.47 bits per heavy atom. The van der Waals surface area contributed by atoms with E-state index in [0.29, 0.717) is 6.54 Å². The number of carboxylic acid groups (broad SMARTS) is 1. The molecule has 1 aliphatic heterocycles. The van der Waals surface area contributed by atoms with Gasteiger partial charge in [-0.05, 0) is 23.4 Å². The van der Waals surface area contributed by atoms with Crippen molar-refractivity contribution in [3.63, 3.8) is 0 Å². The Morgan fingerprint density at radius 3 is 3.16 bits per heavy atom. The number of carboxylic acids is 1. The Bertz CT molecular complexity index is 606. The van der Waals surface area contributed by atoms with Crippen molar-refractivity contribution in [2.75, 3.05) is 6.54 Å². The maximum Gasteiger partial charge on any atom is 0.325 e. The van der Waals surface area contributed by atoms with Crippen LogP contribution in [0.25, 0.3) is 0 Å². The van der Waals surface area contributed by atoms with Gasteiger partial charge in [0.2, 0.25) is 0 Å². The van der Waals surface area contributed by atoms with E-state index in [1.54, 1.807) is 23.1 Å². The highest BCUT2D eigenvalue weighted by Gasteiger charge is 2.33. The number of carbonyl (C=O) groups is 1. The lowest BCUT2D eigenvalue weighted by atomic mass is 10.00. The topological polar surface area (TPSA) is 71.2 Å². The van der Waals surface area contributed by atoms with E-state index in [1.165, 1.54) is 4.88 Å². The molecule has 1 atom stereocenters. The SMILES string of the molecule is Cn1cc(CN2CCc3sccc3C2C(=O)O)nn1. The van der Waals surface area contributed by atoms with Crippen LogP contribution >= 0.6 is 11.3 Å². The molecule has 7 heteroatoms. The van der Waals surface area contributed by atoms with Crippen LogP contribution in [-0.4, -0.2) is 37.5 Å². The van der Waals surface area contributed by atoms with E-state index in [2.05, 4.69) is 10.3 Å². The van der Waals surface area contributed by atoms with Gasteiger partial charge < -0.3 is 5.11 Å². The molecule has 6 nitrogen and oxygen atoms in total. The monoisotopic (exact) mass is 278 g/mol. The van der Waals surface area contributed by atoms with Gasteiger partial charge in [-0.1, -0.05) is 5.21 Å². The predicted octanol–water partition coefficient (Wildman–Crippen LogP) is 1.06. The Hall–Kier alpha value is -1.73. The molecule has 1 aliphatic rings. The lowest BCUT2D eigenvalue weighted by Gasteiger charge is -2.32. The van der Waals surface area contributed by atoms with E-state index < -0.39 is 12.0 Å². The van der Waals surface area contributed by atoms with E-state index in [1.807, 2.05) is 22.5 Å². The molecule has 0 radical (unpaired) electrons. The predicted molar refractivity (Wildman–Crippen MR) is 69.8 cm³/mol. The first-order valence-electron chi connectivity index (χ1n) is 6.03. The van der Waals surface area contributed by atoms with Gasteiger partial charge in [-0.25, -0.2) is 0 Å². The summed E-state index contributed by atoms with van der Waals surface area (Å²) in [6.07, 6.45) is 2.72. The van der Waals surface area contributed by atoms with Crippen LogP contribution in [0.5, 0.6) is 0 Å². The second kappa shape index (κ2) is 4.75. The number of thiophene rings is 1. The molecule has 0 saturated carbocycles. The van der Waals surface area contributed by atoms with Crippen molar-refractivity contribution in [2.24, 2.45) is 7.05 Å². The summed E-state index contributed by atoms with van der Waals surface area (Å²) in [5.74, 6) is -0.803. The molecule has 100 valence electrons. The van der Waals surface area contributed by atoms with Crippen LogP contribution in [-0.2, 0) is 24.8 Å². The smallest absolute Gasteiger partial charge is 0.325 e. The zero-order valence-electron chi connectivity index (χ0n) is 10.5. The number of aromatic nitrogens is 3. The molecule has 0 bridgehead atoms. The molecule has 2 aromatic heterocycles. The van der Waals surface area contributed by atoms with Gasteiger partial charge in [0.1, 0.15) is 6.04 Å². The van der Waals surface area contributed by atoms with Gasteiger partial charge >= 0.3 is 5.97 Å². The van der Waals surface area contributed by atoms with E-state index in [-0.39, 0.29) is 0 Å². The number of aryl methyl sites for hydroxylation is 1. The largest absolute Gasteiger partial charge is 0.480 e. The molecule has 2 aromatic rings. The highest BCUT2D eigenvalue weighted by Crippen LogP contribution is 2.34. The van der Waals surface area contributed by atoms with E-state index in [4.69, 9.17) is 0 Å². The summed E-state index contributed by atoms with van der Waals surface area (Å²) < 4.78 is 1.63. The Kier molecular flexibility index (Phi) is 3.08. The second-order valence-corrected chi connectivity index (χ2v) is 5.64. The lowest BCUT2D eigenvalue weighted by molar-refractivity contribution is -0.144. The molecule has 3 rings (SSSR count). The molecule has 0 aromatic carbocycles. The number of fused-ring (bicyclic) bond motifs is 1. The van der Waals surface area contributed by atoms with Crippen LogP contribution in [0.4, 0.5) is 0 Å². The van der Waals surface area contributed by atoms with Crippen molar-refractivity contribution in [3.05, 3.63) is 33.8 Å². The minimum absolute atomic E-state index is 0.514.